The molecule has 0 unspecified atom stereocenters. The summed E-state index contributed by atoms with van der Waals surface area (Å²) in [5, 5.41) is 9.13. The molecule has 11 heteroatoms. The zero-order chi connectivity index (χ0) is 26.1. The molecule has 1 aliphatic heterocycles. The predicted molar refractivity (Wildman–Crippen MR) is 131 cm³/mol. The van der Waals surface area contributed by atoms with Crippen LogP contribution in [0.2, 0.25) is 0 Å². The number of pyridine rings is 2. The zero-order valence-corrected chi connectivity index (χ0v) is 19.8. The van der Waals surface area contributed by atoms with Crippen molar-refractivity contribution in [2.45, 2.75) is 13.5 Å². The summed E-state index contributed by atoms with van der Waals surface area (Å²) >= 11 is 0. The lowest BCUT2D eigenvalue weighted by Crippen LogP contribution is -2.48. The monoisotopic (exact) mass is 507 g/mol. The number of ketones is 1. The Labute approximate surface area is 210 Å². The molecule has 1 amide bonds. The van der Waals surface area contributed by atoms with Crippen LogP contribution in [-0.4, -0.2) is 69.0 Å². The van der Waals surface area contributed by atoms with Crippen molar-refractivity contribution >= 4 is 23.3 Å². The average Bonchev–Trinajstić information content (AvgIpc) is 3.23. The van der Waals surface area contributed by atoms with Crippen molar-refractivity contribution in [3.63, 3.8) is 0 Å². The van der Waals surface area contributed by atoms with Crippen LogP contribution in [0.15, 0.2) is 60.9 Å². The Bertz CT molecular complexity index is 1460. The Kier molecular flexibility index (Phi) is 6.43. The first-order valence-electron chi connectivity index (χ1n) is 11.6. The number of carbonyl (C=O) groups is 2. The van der Waals surface area contributed by atoms with E-state index >= 15 is 0 Å². The van der Waals surface area contributed by atoms with Gasteiger partial charge in [-0.25, -0.2) is 14.8 Å². The van der Waals surface area contributed by atoms with Crippen LogP contribution in [0.1, 0.15) is 21.7 Å². The van der Waals surface area contributed by atoms with Crippen molar-refractivity contribution in [2.24, 2.45) is 0 Å². The van der Waals surface area contributed by atoms with E-state index in [2.05, 4.69) is 14.7 Å². The maximum absolute atomic E-state index is 13.4. The fourth-order valence-corrected chi connectivity index (χ4v) is 4.46. The van der Waals surface area contributed by atoms with Crippen LogP contribution in [0.4, 0.5) is 19.4 Å². The van der Waals surface area contributed by atoms with E-state index in [1.54, 1.807) is 35.9 Å². The first kappa shape index (κ1) is 24.2. The maximum Gasteiger partial charge on any atom is 0.407 e. The normalized spacial score (nSPS) is 13.8. The first-order chi connectivity index (χ1) is 17.8. The molecule has 0 aliphatic carbocycles. The number of hydrogen-bond acceptors (Lipinski definition) is 6. The van der Waals surface area contributed by atoms with Crippen molar-refractivity contribution in [1.82, 2.24) is 19.3 Å². The fraction of sp³-hybridized carbons (Fsp3) is 0.231. The van der Waals surface area contributed by atoms with Crippen LogP contribution in [0, 0.1) is 6.92 Å². The minimum Gasteiger partial charge on any atom is -0.465 e. The molecule has 1 N–H and O–H groups in total. The Morgan fingerprint density at radius 2 is 1.73 bits per heavy atom. The van der Waals surface area contributed by atoms with Crippen LogP contribution < -0.4 is 9.64 Å². The number of hydrogen-bond donors (Lipinski definition) is 1. The number of ether oxygens (including phenoxy) is 1. The quantitative estimate of drug-likeness (QED) is 0.388. The van der Waals surface area contributed by atoms with E-state index in [-0.39, 0.29) is 17.0 Å². The van der Waals surface area contributed by atoms with Gasteiger partial charge in [-0.15, -0.1) is 0 Å². The third kappa shape index (κ3) is 4.80. The van der Waals surface area contributed by atoms with E-state index in [0.717, 1.165) is 16.9 Å². The highest BCUT2D eigenvalue weighted by atomic mass is 19.3. The number of para-hydroxylation sites is 1. The van der Waals surface area contributed by atoms with Gasteiger partial charge in [0, 0.05) is 49.7 Å². The smallest absolute Gasteiger partial charge is 0.407 e. The van der Waals surface area contributed by atoms with Gasteiger partial charge in [-0.1, -0.05) is 12.1 Å². The lowest BCUT2D eigenvalue weighted by molar-refractivity contribution is -0.0501. The second-order valence-electron chi connectivity index (χ2n) is 8.56. The number of alkyl halides is 2. The maximum atomic E-state index is 13.4. The standard InChI is InChI=1S/C26H23F2N5O4/c1-16-23(24(34)19-4-2-3-5-20(19)37-25(27)28)33-15-18(7-9-22(33)30-16)17-6-8-21(29-14-17)31-10-12-32(13-11-31)26(35)36/h2-9,14-15,25H,10-13H2,1H3,(H,35,36). The van der Waals surface area contributed by atoms with Crippen molar-refractivity contribution in [1.29, 1.82) is 0 Å². The number of halogens is 2. The molecule has 1 saturated heterocycles. The molecule has 4 aromatic rings. The molecule has 1 fully saturated rings. The summed E-state index contributed by atoms with van der Waals surface area (Å²) in [5.41, 5.74) is 2.86. The second-order valence-corrected chi connectivity index (χ2v) is 8.56. The van der Waals surface area contributed by atoms with E-state index in [4.69, 9.17) is 5.11 Å². The number of carboxylic acid groups (broad SMARTS) is 1. The lowest BCUT2D eigenvalue weighted by Gasteiger charge is -2.33. The summed E-state index contributed by atoms with van der Waals surface area (Å²) in [6.07, 6.45) is 2.56. The van der Waals surface area contributed by atoms with Gasteiger partial charge in [-0.2, -0.15) is 8.78 Å². The SMILES string of the molecule is Cc1nc2ccc(-c3ccc(N4CCN(C(=O)O)CC4)nc3)cn2c1C(=O)c1ccccc1OC(F)F. The molecule has 0 atom stereocenters. The number of carbonyl (C=O) groups excluding carboxylic acids is 1. The zero-order valence-electron chi connectivity index (χ0n) is 19.8. The molecule has 1 aromatic carbocycles. The second kappa shape index (κ2) is 9.84. The highest BCUT2D eigenvalue weighted by Gasteiger charge is 2.24. The van der Waals surface area contributed by atoms with Gasteiger partial charge < -0.3 is 19.6 Å². The molecular weight excluding hydrogens is 484 g/mol. The number of aryl methyl sites for hydroxylation is 1. The highest BCUT2D eigenvalue weighted by Crippen LogP contribution is 2.27. The highest BCUT2D eigenvalue weighted by molar-refractivity contribution is 6.10. The molecule has 0 spiro atoms. The topological polar surface area (TPSA) is 100 Å². The van der Waals surface area contributed by atoms with Crippen molar-refractivity contribution < 1.29 is 28.2 Å². The van der Waals surface area contributed by atoms with Gasteiger partial charge in [0.15, 0.2) is 0 Å². The van der Waals surface area contributed by atoms with Gasteiger partial charge in [0.1, 0.15) is 22.9 Å². The van der Waals surface area contributed by atoms with Crippen molar-refractivity contribution in [3.05, 3.63) is 77.9 Å². The predicted octanol–water partition coefficient (Wildman–Crippen LogP) is 4.34. The van der Waals surface area contributed by atoms with Crippen LogP contribution >= 0.6 is 0 Å². The third-order valence-electron chi connectivity index (χ3n) is 6.31. The minimum atomic E-state index is -3.06. The van der Waals surface area contributed by atoms with Gasteiger partial charge >= 0.3 is 12.7 Å². The molecule has 0 saturated carbocycles. The molecule has 9 nitrogen and oxygen atoms in total. The van der Waals surface area contributed by atoms with Gasteiger partial charge in [0.2, 0.25) is 5.78 Å². The number of aromatic nitrogens is 3. The van der Waals surface area contributed by atoms with Gasteiger partial charge in [-0.05, 0) is 43.3 Å². The lowest BCUT2D eigenvalue weighted by atomic mass is 10.1. The van der Waals surface area contributed by atoms with Crippen LogP contribution in [0.3, 0.4) is 0 Å². The number of imidazole rings is 1. The number of piperazine rings is 1. The van der Waals surface area contributed by atoms with Gasteiger partial charge in [0.05, 0.1) is 11.3 Å². The van der Waals surface area contributed by atoms with Gasteiger partial charge in [-0.3, -0.25) is 9.20 Å². The molecule has 5 rings (SSSR count). The van der Waals surface area contributed by atoms with E-state index in [1.807, 2.05) is 23.1 Å². The molecule has 4 heterocycles. The molecule has 37 heavy (non-hydrogen) atoms. The van der Waals surface area contributed by atoms with E-state index in [1.165, 1.54) is 23.1 Å². The number of rotatable bonds is 6. The fourth-order valence-electron chi connectivity index (χ4n) is 4.46. The number of fused-ring (bicyclic) bond motifs is 1. The number of nitrogens with zero attached hydrogens (tertiary/aromatic N) is 5. The number of amides is 1. The summed E-state index contributed by atoms with van der Waals surface area (Å²) in [6.45, 7) is 0.578. The molecule has 1 aliphatic rings. The molecule has 0 bridgehead atoms. The van der Waals surface area contributed by atoms with Crippen molar-refractivity contribution in [3.8, 4) is 16.9 Å². The van der Waals surface area contributed by atoms with Crippen LogP contribution in [-0.2, 0) is 0 Å². The Morgan fingerprint density at radius 3 is 2.41 bits per heavy atom. The summed E-state index contributed by atoms with van der Waals surface area (Å²) in [7, 11) is 0. The molecular formula is C26H23F2N5O4. The summed E-state index contributed by atoms with van der Waals surface area (Å²) < 4.78 is 32.0. The largest absolute Gasteiger partial charge is 0.465 e. The average molecular weight is 507 g/mol. The Balaban J connectivity index is 1.44. The summed E-state index contributed by atoms with van der Waals surface area (Å²) in [6, 6.07) is 13.3. The first-order valence-corrected chi connectivity index (χ1v) is 11.6. The van der Waals surface area contributed by atoms with E-state index < -0.39 is 18.5 Å². The minimum absolute atomic E-state index is 0.0205. The molecule has 0 radical (unpaired) electrons. The Hall–Kier alpha value is -4.54. The van der Waals surface area contributed by atoms with Crippen LogP contribution in [0.5, 0.6) is 5.75 Å². The third-order valence-corrected chi connectivity index (χ3v) is 6.31. The number of benzene rings is 1. The van der Waals surface area contributed by atoms with E-state index in [0.29, 0.717) is 37.5 Å². The summed E-state index contributed by atoms with van der Waals surface area (Å²) in [5.74, 6) is 0.0733. The Morgan fingerprint density at radius 1 is 1.00 bits per heavy atom. The molecule has 190 valence electrons. The molecule has 3 aromatic heterocycles. The van der Waals surface area contributed by atoms with Gasteiger partial charge in [0.25, 0.3) is 0 Å². The van der Waals surface area contributed by atoms with Crippen LogP contribution in [0.25, 0.3) is 16.8 Å². The van der Waals surface area contributed by atoms with Crippen molar-refractivity contribution in [2.75, 3.05) is 31.1 Å². The number of anilines is 1. The van der Waals surface area contributed by atoms with E-state index in [9.17, 15) is 18.4 Å². The summed E-state index contributed by atoms with van der Waals surface area (Å²) in [4.78, 5) is 37.0.